The molecule has 0 saturated heterocycles. The number of hydrogen-bond donors (Lipinski definition) is 1. The van der Waals surface area contributed by atoms with E-state index in [0.29, 0.717) is 19.3 Å². The Morgan fingerprint density at radius 2 is 2.11 bits per heavy atom. The number of hydrogen-bond acceptors (Lipinski definition) is 2. The Balaban J connectivity index is 3.30. The maximum atomic E-state index is 10.4. The first-order valence-corrected chi connectivity index (χ1v) is 4.60. The van der Waals surface area contributed by atoms with Crippen molar-refractivity contribution in [2.75, 3.05) is 12.8 Å². The lowest BCUT2D eigenvalue weighted by Crippen LogP contribution is -2.22. The summed E-state index contributed by atoms with van der Waals surface area (Å²) >= 11 is 0. The van der Waals surface area contributed by atoms with Crippen LogP contribution in [0, 0.1) is 0 Å². The molecule has 0 spiro atoms. The zero-order valence-electron chi connectivity index (χ0n) is 5.42. The molecule has 0 fully saturated rings. The molecular weight excluding hydrogens is 137 g/mol. The Bertz CT molecular complexity index is 154. The van der Waals surface area contributed by atoms with E-state index in [1.54, 1.807) is 0 Å². The highest BCUT2D eigenvalue weighted by Crippen LogP contribution is 1.81. The summed E-state index contributed by atoms with van der Waals surface area (Å²) in [6.07, 6.45) is 2.33. The zero-order valence-corrected chi connectivity index (χ0v) is 6.24. The Labute approximate surface area is 57.3 Å². The van der Waals surface area contributed by atoms with Gasteiger partial charge in [-0.25, -0.2) is 13.1 Å². The van der Waals surface area contributed by atoms with Crippen molar-refractivity contribution in [3.05, 3.63) is 0 Å². The van der Waals surface area contributed by atoms with Crippen LogP contribution in [0.5, 0.6) is 0 Å². The molecule has 0 amide bonds. The SMILES string of the molecule is [B]CCCNS(C)(=O)=O. The van der Waals surface area contributed by atoms with Crippen LogP contribution in [-0.2, 0) is 10.0 Å². The average Bonchev–Trinajstić information content (AvgIpc) is 1.63. The van der Waals surface area contributed by atoms with E-state index in [1.165, 1.54) is 0 Å². The first kappa shape index (κ1) is 8.97. The molecule has 1 N–H and O–H groups in total. The summed E-state index contributed by atoms with van der Waals surface area (Å²) in [6, 6.07) is 0. The largest absolute Gasteiger partial charge is 0.216 e. The number of nitrogens with one attached hydrogen (secondary N) is 1. The zero-order chi connectivity index (χ0) is 7.33. The van der Waals surface area contributed by atoms with Crippen LogP contribution >= 0.6 is 0 Å². The van der Waals surface area contributed by atoms with Crippen molar-refractivity contribution >= 4 is 17.9 Å². The minimum Gasteiger partial charge on any atom is -0.216 e. The third-order valence-electron chi connectivity index (χ3n) is 0.745. The van der Waals surface area contributed by atoms with Crippen molar-refractivity contribution in [1.29, 1.82) is 0 Å². The highest BCUT2D eigenvalue weighted by molar-refractivity contribution is 7.88. The number of rotatable bonds is 4. The molecule has 2 radical (unpaired) electrons. The van der Waals surface area contributed by atoms with Crippen LogP contribution in [-0.4, -0.2) is 29.1 Å². The molecule has 0 bridgehead atoms. The first-order valence-electron chi connectivity index (χ1n) is 2.71. The average molecular weight is 147 g/mol. The minimum absolute atomic E-state index is 0.440. The molecule has 52 valence electrons. The van der Waals surface area contributed by atoms with E-state index in [9.17, 15) is 8.42 Å². The van der Waals surface area contributed by atoms with Gasteiger partial charge in [-0.15, -0.1) is 0 Å². The molecule has 0 aliphatic heterocycles. The molecule has 0 saturated carbocycles. The van der Waals surface area contributed by atoms with Crippen LogP contribution in [0.15, 0.2) is 0 Å². The molecule has 0 aromatic rings. The lowest BCUT2D eigenvalue weighted by atomic mass is 10.0. The minimum atomic E-state index is -3.00. The second kappa shape index (κ2) is 3.90. The van der Waals surface area contributed by atoms with Gasteiger partial charge in [0.25, 0.3) is 0 Å². The standard InChI is InChI=1S/C4H10BNO2S/c1-9(7,8)6-4-2-3-5/h6H,2-4H2,1H3. The summed E-state index contributed by atoms with van der Waals surface area (Å²) in [4.78, 5) is 0. The summed E-state index contributed by atoms with van der Waals surface area (Å²) in [5, 5.41) is 0. The molecule has 0 aromatic carbocycles. The maximum absolute atomic E-state index is 10.4. The van der Waals surface area contributed by atoms with Gasteiger partial charge in [0.1, 0.15) is 0 Å². The molecule has 0 atom stereocenters. The smallest absolute Gasteiger partial charge is 0.208 e. The van der Waals surface area contributed by atoms with Crippen LogP contribution in [0.1, 0.15) is 6.42 Å². The van der Waals surface area contributed by atoms with Gasteiger partial charge in [-0.1, -0.05) is 6.32 Å². The van der Waals surface area contributed by atoms with Crippen LogP contribution in [0.3, 0.4) is 0 Å². The second-order valence-electron chi connectivity index (χ2n) is 1.81. The van der Waals surface area contributed by atoms with Gasteiger partial charge < -0.3 is 0 Å². The van der Waals surface area contributed by atoms with Gasteiger partial charge in [-0.2, -0.15) is 0 Å². The van der Waals surface area contributed by atoms with Crippen LogP contribution in [0.4, 0.5) is 0 Å². The summed E-state index contributed by atoms with van der Waals surface area (Å²) in [7, 11) is 2.12. The lowest BCUT2D eigenvalue weighted by molar-refractivity contribution is 0.587. The van der Waals surface area contributed by atoms with E-state index in [4.69, 9.17) is 7.85 Å². The van der Waals surface area contributed by atoms with E-state index < -0.39 is 10.0 Å². The third kappa shape index (κ3) is 7.97. The molecule has 0 unspecified atom stereocenters. The predicted octanol–water partition coefficient (Wildman–Crippen LogP) is -0.488. The Kier molecular flexibility index (Phi) is 3.89. The Hall–Kier alpha value is -0.0251. The predicted molar refractivity (Wildman–Crippen MR) is 38.0 cm³/mol. The van der Waals surface area contributed by atoms with Gasteiger partial charge in [0.15, 0.2) is 0 Å². The van der Waals surface area contributed by atoms with Crippen molar-refractivity contribution in [2.45, 2.75) is 12.7 Å². The van der Waals surface area contributed by atoms with E-state index in [-0.39, 0.29) is 0 Å². The van der Waals surface area contributed by atoms with Crippen molar-refractivity contribution in [1.82, 2.24) is 4.72 Å². The Morgan fingerprint density at radius 3 is 2.44 bits per heavy atom. The molecular formula is C4H10BNO2S. The van der Waals surface area contributed by atoms with Gasteiger partial charge in [-0.05, 0) is 6.42 Å². The summed E-state index contributed by atoms with van der Waals surface area (Å²) in [6.45, 7) is 0.440. The molecule has 0 aliphatic rings. The van der Waals surface area contributed by atoms with Gasteiger partial charge in [0.05, 0.1) is 14.1 Å². The van der Waals surface area contributed by atoms with Gasteiger partial charge in [-0.3, -0.25) is 0 Å². The fourth-order valence-electron chi connectivity index (χ4n) is 0.360. The second-order valence-corrected chi connectivity index (χ2v) is 3.64. The maximum Gasteiger partial charge on any atom is 0.208 e. The monoisotopic (exact) mass is 147 g/mol. The van der Waals surface area contributed by atoms with E-state index >= 15 is 0 Å². The van der Waals surface area contributed by atoms with Crippen LogP contribution < -0.4 is 4.72 Å². The molecule has 0 rings (SSSR count). The van der Waals surface area contributed by atoms with Crippen molar-refractivity contribution in [2.24, 2.45) is 0 Å². The van der Waals surface area contributed by atoms with Crippen LogP contribution in [0.25, 0.3) is 0 Å². The normalized spacial score (nSPS) is 11.7. The van der Waals surface area contributed by atoms with Gasteiger partial charge in [0, 0.05) is 6.54 Å². The third-order valence-corrected chi connectivity index (χ3v) is 1.47. The molecule has 5 heteroatoms. The number of sulfonamides is 1. The van der Waals surface area contributed by atoms with Crippen molar-refractivity contribution in [3.63, 3.8) is 0 Å². The Morgan fingerprint density at radius 1 is 1.56 bits per heavy atom. The highest BCUT2D eigenvalue weighted by Gasteiger charge is 1.95. The van der Waals surface area contributed by atoms with E-state index in [2.05, 4.69) is 4.72 Å². The fraction of sp³-hybridized carbons (Fsp3) is 1.00. The lowest BCUT2D eigenvalue weighted by Gasteiger charge is -1.97. The van der Waals surface area contributed by atoms with E-state index in [1.807, 2.05) is 0 Å². The quantitative estimate of drug-likeness (QED) is 0.430. The molecule has 3 nitrogen and oxygen atoms in total. The highest BCUT2D eigenvalue weighted by atomic mass is 32.2. The van der Waals surface area contributed by atoms with Gasteiger partial charge >= 0.3 is 0 Å². The fourth-order valence-corrected chi connectivity index (χ4v) is 0.875. The van der Waals surface area contributed by atoms with Crippen molar-refractivity contribution < 1.29 is 8.42 Å². The molecule has 9 heavy (non-hydrogen) atoms. The molecule has 0 aromatic heterocycles. The topological polar surface area (TPSA) is 46.2 Å². The summed E-state index contributed by atoms with van der Waals surface area (Å²) in [5.41, 5.74) is 0. The summed E-state index contributed by atoms with van der Waals surface area (Å²) in [5.74, 6) is 0. The molecule has 0 aliphatic carbocycles. The van der Waals surface area contributed by atoms with Gasteiger partial charge in [0.2, 0.25) is 10.0 Å². The molecule has 0 heterocycles. The van der Waals surface area contributed by atoms with Crippen molar-refractivity contribution in [3.8, 4) is 0 Å². The first-order chi connectivity index (χ1) is 4.06. The van der Waals surface area contributed by atoms with Crippen LogP contribution in [0.2, 0.25) is 6.32 Å². The van der Waals surface area contributed by atoms with E-state index in [0.717, 1.165) is 6.26 Å². The summed E-state index contributed by atoms with van der Waals surface area (Å²) < 4.78 is 23.0.